The molecule has 42 heavy (non-hydrogen) atoms. The van der Waals surface area contributed by atoms with Crippen molar-refractivity contribution in [2.24, 2.45) is 0 Å². The quantitative estimate of drug-likeness (QED) is 0.249. The van der Waals surface area contributed by atoms with Gasteiger partial charge in [-0.3, -0.25) is 0 Å². The first-order valence-corrected chi connectivity index (χ1v) is 15.4. The fourth-order valence-corrected chi connectivity index (χ4v) is 6.13. The molecule has 2 N–H and O–H groups in total. The highest BCUT2D eigenvalue weighted by molar-refractivity contribution is 7.91. The van der Waals surface area contributed by atoms with Crippen LogP contribution in [0.25, 0.3) is 0 Å². The van der Waals surface area contributed by atoms with Gasteiger partial charge in [-0.05, 0) is 50.2 Å². The largest absolute Gasteiger partial charge is 0.494 e. The maximum absolute atomic E-state index is 13.5. The number of rotatable bonds is 11. The topological polar surface area (TPSA) is 122 Å². The highest BCUT2D eigenvalue weighted by Crippen LogP contribution is 2.33. The van der Waals surface area contributed by atoms with Crippen molar-refractivity contribution < 1.29 is 17.9 Å². The van der Waals surface area contributed by atoms with Crippen molar-refractivity contribution in [3.63, 3.8) is 0 Å². The molecule has 1 fully saturated rings. The van der Waals surface area contributed by atoms with Crippen LogP contribution in [0.4, 0.5) is 34.9 Å². The van der Waals surface area contributed by atoms with Crippen molar-refractivity contribution in [2.45, 2.75) is 23.6 Å². The third-order valence-electron chi connectivity index (χ3n) is 6.95. The van der Waals surface area contributed by atoms with Gasteiger partial charge in [0.2, 0.25) is 27.7 Å². The summed E-state index contributed by atoms with van der Waals surface area (Å²) in [6, 6.07) is 21.0. The third kappa shape index (κ3) is 6.39. The zero-order valence-corrected chi connectivity index (χ0v) is 24.8. The van der Waals surface area contributed by atoms with Gasteiger partial charge in [-0.1, -0.05) is 30.3 Å². The molecular formula is C30H35N7O4S. The molecule has 0 saturated carbocycles. The number of benzene rings is 3. The molecule has 2 heterocycles. The van der Waals surface area contributed by atoms with Gasteiger partial charge in [-0.2, -0.15) is 15.0 Å². The van der Waals surface area contributed by atoms with Crippen LogP contribution in [0.1, 0.15) is 13.8 Å². The highest BCUT2D eigenvalue weighted by atomic mass is 32.2. The SMILES string of the molecule is CCN(CC)c1nc(Nc2ccc(N3CCOCC3)cc2OC)nc(Nc2ccccc2S(=O)(=O)c2ccccc2)n1. The van der Waals surface area contributed by atoms with Crippen LogP contribution in [0.15, 0.2) is 82.6 Å². The number of aromatic nitrogens is 3. The summed E-state index contributed by atoms with van der Waals surface area (Å²) in [4.78, 5) is 18.5. The summed E-state index contributed by atoms with van der Waals surface area (Å²) in [5.74, 6) is 1.58. The normalized spacial score (nSPS) is 13.5. The highest BCUT2D eigenvalue weighted by Gasteiger charge is 2.22. The second-order valence-corrected chi connectivity index (χ2v) is 11.4. The Hall–Kier alpha value is -4.42. The van der Waals surface area contributed by atoms with Gasteiger partial charge in [-0.15, -0.1) is 0 Å². The van der Waals surface area contributed by atoms with E-state index in [-0.39, 0.29) is 21.7 Å². The lowest BCUT2D eigenvalue weighted by Gasteiger charge is -2.29. The average Bonchev–Trinajstić information content (AvgIpc) is 3.03. The predicted octanol–water partition coefficient (Wildman–Crippen LogP) is 4.88. The number of sulfone groups is 1. The summed E-state index contributed by atoms with van der Waals surface area (Å²) in [5.41, 5.74) is 2.08. The number of anilines is 6. The first-order valence-electron chi connectivity index (χ1n) is 13.9. The molecule has 5 rings (SSSR count). The van der Waals surface area contributed by atoms with Crippen LogP contribution in [-0.4, -0.2) is 69.9 Å². The van der Waals surface area contributed by atoms with E-state index in [4.69, 9.17) is 9.47 Å². The predicted molar refractivity (Wildman–Crippen MR) is 164 cm³/mol. The molecule has 4 aromatic rings. The number of methoxy groups -OCH3 is 1. The summed E-state index contributed by atoms with van der Waals surface area (Å²) < 4.78 is 38.2. The van der Waals surface area contributed by atoms with Crippen LogP contribution >= 0.6 is 0 Å². The van der Waals surface area contributed by atoms with Crippen LogP contribution < -0.4 is 25.2 Å². The lowest BCUT2D eigenvalue weighted by atomic mass is 10.2. The standard InChI is InChI=1S/C30H35N7O4S/c1-4-36(5-2)30-34-28(31-24-16-15-22(21-26(24)40-3)37-17-19-41-20-18-37)33-29(35-30)32-25-13-9-10-14-27(25)42(38,39)23-11-7-6-8-12-23/h6-16,21H,4-5,17-20H2,1-3H3,(H2,31,32,33,34,35). The van der Waals surface area contributed by atoms with E-state index in [9.17, 15) is 8.42 Å². The molecule has 220 valence electrons. The Bertz CT molecular complexity index is 1610. The Balaban J connectivity index is 1.49. The van der Waals surface area contributed by atoms with Gasteiger partial charge in [-0.25, -0.2) is 8.42 Å². The Morgan fingerprint density at radius 1 is 0.857 bits per heavy atom. The van der Waals surface area contributed by atoms with E-state index in [0.29, 0.717) is 49.4 Å². The van der Waals surface area contributed by atoms with Gasteiger partial charge in [0.05, 0.1) is 41.5 Å². The summed E-state index contributed by atoms with van der Waals surface area (Å²) in [6.45, 7) is 8.39. The van der Waals surface area contributed by atoms with E-state index >= 15 is 0 Å². The summed E-state index contributed by atoms with van der Waals surface area (Å²) in [6.07, 6.45) is 0. The molecular weight excluding hydrogens is 554 g/mol. The molecule has 0 aliphatic carbocycles. The molecule has 1 saturated heterocycles. The minimum atomic E-state index is -3.79. The maximum atomic E-state index is 13.5. The van der Waals surface area contributed by atoms with E-state index in [1.54, 1.807) is 61.7 Å². The molecule has 0 atom stereocenters. The Labute approximate surface area is 246 Å². The minimum Gasteiger partial charge on any atom is -0.494 e. The molecule has 0 spiro atoms. The lowest BCUT2D eigenvalue weighted by Crippen LogP contribution is -2.36. The zero-order chi connectivity index (χ0) is 29.5. The van der Waals surface area contributed by atoms with Crippen LogP contribution in [0.5, 0.6) is 5.75 Å². The number of ether oxygens (including phenoxy) is 2. The number of para-hydroxylation sites is 1. The first-order chi connectivity index (χ1) is 20.4. The average molecular weight is 590 g/mol. The van der Waals surface area contributed by atoms with Crippen molar-refractivity contribution >= 4 is 44.7 Å². The number of nitrogens with zero attached hydrogens (tertiary/aromatic N) is 5. The van der Waals surface area contributed by atoms with Crippen LogP contribution in [0, 0.1) is 0 Å². The van der Waals surface area contributed by atoms with Gasteiger partial charge < -0.3 is 29.9 Å². The van der Waals surface area contributed by atoms with Crippen molar-refractivity contribution in [3.05, 3.63) is 72.8 Å². The van der Waals surface area contributed by atoms with Crippen molar-refractivity contribution in [2.75, 3.05) is 66.9 Å². The molecule has 3 aromatic carbocycles. The van der Waals surface area contributed by atoms with Gasteiger partial charge in [0.15, 0.2) is 0 Å². The molecule has 12 heteroatoms. The molecule has 0 bridgehead atoms. The molecule has 1 aliphatic rings. The van der Waals surface area contributed by atoms with Crippen LogP contribution in [0.3, 0.4) is 0 Å². The second-order valence-electron chi connectivity index (χ2n) is 9.50. The van der Waals surface area contributed by atoms with Gasteiger partial charge in [0.25, 0.3) is 0 Å². The number of morpholine rings is 1. The monoisotopic (exact) mass is 589 g/mol. The van der Waals surface area contributed by atoms with Gasteiger partial charge in [0.1, 0.15) is 5.75 Å². The number of nitrogens with one attached hydrogen (secondary N) is 2. The molecule has 1 aliphatic heterocycles. The maximum Gasteiger partial charge on any atom is 0.233 e. The fourth-order valence-electron chi connectivity index (χ4n) is 4.70. The summed E-state index contributed by atoms with van der Waals surface area (Å²) in [7, 11) is -2.17. The lowest BCUT2D eigenvalue weighted by molar-refractivity contribution is 0.122. The first kappa shape index (κ1) is 29.1. The zero-order valence-electron chi connectivity index (χ0n) is 23.9. The van der Waals surface area contributed by atoms with E-state index in [1.807, 2.05) is 36.9 Å². The van der Waals surface area contributed by atoms with E-state index in [0.717, 1.165) is 18.8 Å². The van der Waals surface area contributed by atoms with Crippen LogP contribution in [-0.2, 0) is 14.6 Å². The summed E-state index contributed by atoms with van der Waals surface area (Å²) >= 11 is 0. The van der Waals surface area contributed by atoms with Crippen molar-refractivity contribution in [3.8, 4) is 5.75 Å². The van der Waals surface area contributed by atoms with Gasteiger partial charge >= 0.3 is 0 Å². The fraction of sp³-hybridized carbons (Fsp3) is 0.300. The van der Waals surface area contributed by atoms with E-state index in [1.165, 1.54) is 0 Å². The van der Waals surface area contributed by atoms with E-state index < -0.39 is 9.84 Å². The molecule has 0 radical (unpaired) electrons. The van der Waals surface area contributed by atoms with Crippen molar-refractivity contribution in [1.29, 1.82) is 0 Å². The van der Waals surface area contributed by atoms with Gasteiger partial charge in [0, 0.05) is 37.9 Å². The van der Waals surface area contributed by atoms with Crippen molar-refractivity contribution in [1.82, 2.24) is 15.0 Å². The van der Waals surface area contributed by atoms with E-state index in [2.05, 4.69) is 30.5 Å². The second kappa shape index (κ2) is 13.0. The molecule has 1 aromatic heterocycles. The molecule has 11 nitrogen and oxygen atoms in total. The summed E-state index contributed by atoms with van der Waals surface area (Å²) in [5, 5.41) is 6.42. The minimum absolute atomic E-state index is 0.121. The number of hydrogen-bond donors (Lipinski definition) is 2. The molecule has 0 unspecified atom stereocenters. The Morgan fingerprint density at radius 2 is 1.50 bits per heavy atom. The van der Waals surface area contributed by atoms with Crippen LogP contribution in [0.2, 0.25) is 0 Å². The molecule has 0 amide bonds. The number of hydrogen-bond acceptors (Lipinski definition) is 11. The Morgan fingerprint density at radius 3 is 2.17 bits per heavy atom. The smallest absolute Gasteiger partial charge is 0.233 e. The third-order valence-corrected chi connectivity index (χ3v) is 8.78. The Kier molecular flexibility index (Phi) is 9.03.